The van der Waals surface area contributed by atoms with Gasteiger partial charge in [-0.25, -0.2) is 0 Å². The van der Waals surface area contributed by atoms with Gasteiger partial charge in [-0.15, -0.1) is 0 Å². The second-order valence-corrected chi connectivity index (χ2v) is 5.54. The van der Waals surface area contributed by atoms with E-state index < -0.39 is 0 Å². The number of rotatable bonds is 3. The molecule has 0 saturated carbocycles. The maximum Gasteiger partial charge on any atom is 0.269 e. The predicted octanol–water partition coefficient (Wildman–Crippen LogP) is 0.717. The minimum atomic E-state index is -0.258. The minimum Gasteiger partial charge on any atom is -0.342 e. The van der Waals surface area contributed by atoms with Crippen molar-refractivity contribution >= 4 is 11.8 Å². The normalized spacial score (nSPS) is 16.2. The van der Waals surface area contributed by atoms with Crippen molar-refractivity contribution < 1.29 is 9.59 Å². The Morgan fingerprint density at radius 1 is 1.40 bits per heavy atom. The first-order valence-electron chi connectivity index (χ1n) is 7.04. The lowest BCUT2D eigenvalue weighted by Crippen LogP contribution is -2.44. The third-order valence-electron chi connectivity index (χ3n) is 3.77. The first-order chi connectivity index (χ1) is 9.47. The van der Waals surface area contributed by atoms with Crippen molar-refractivity contribution in [2.45, 2.75) is 26.7 Å². The Labute approximate surface area is 119 Å². The number of likely N-dealkylation sites (tertiary alicyclic amines) is 1. The molecule has 1 aliphatic heterocycles. The molecule has 1 aliphatic rings. The average Bonchev–Trinajstić information content (AvgIpc) is 2.75. The fourth-order valence-electron chi connectivity index (χ4n) is 2.44. The summed E-state index contributed by atoms with van der Waals surface area (Å²) in [6.45, 7) is 5.67. The molecule has 0 atom stereocenters. The van der Waals surface area contributed by atoms with Crippen LogP contribution in [0, 0.1) is 12.8 Å². The van der Waals surface area contributed by atoms with E-state index in [1.807, 2.05) is 11.8 Å². The van der Waals surface area contributed by atoms with Crippen LogP contribution < -0.4 is 5.32 Å². The van der Waals surface area contributed by atoms with Crippen LogP contribution in [0.15, 0.2) is 6.07 Å². The van der Waals surface area contributed by atoms with Crippen LogP contribution in [0.5, 0.6) is 0 Å². The van der Waals surface area contributed by atoms with Gasteiger partial charge in [0, 0.05) is 20.1 Å². The van der Waals surface area contributed by atoms with E-state index in [1.54, 1.807) is 13.1 Å². The molecular weight excluding hydrogens is 256 g/mol. The second kappa shape index (κ2) is 6.07. The van der Waals surface area contributed by atoms with Gasteiger partial charge in [0.25, 0.3) is 5.91 Å². The third-order valence-corrected chi connectivity index (χ3v) is 3.77. The van der Waals surface area contributed by atoms with Crippen molar-refractivity contribution in [2.24, 2.45) is 13.0 Å². The smallest absolute Gasteiger partial charge is 0.269 e. The van der Waals surface area contributed by atoms with Crippen LogP contribution in [0.1, 0.15) is 35.9 Å². The Bertz CT molecular complexity index is 501. The van der Waals surface area contributed by atoms with Gasteiger partial charge in [-0.05, 0) is 31.7 Å². The summed E-state index contributed by atoms with van der Waals surface area (Å²) in [4.78, 5) is 25.8. The average molecular weight is 278 g/mol. The Morgan fingerprint density at radius 2 is 2.05 bits per heavy atom. The largest absolute Gasteiger partial charge is 0.342 e. The van der Waals surface area contributed by atoms with Crippen LogP contribution in [0.2, 0.25) is 0 Å². The van der Waals surface area contributed by atoms with E-state index >= 15 is 0 Å². The number of hydrogen-bond donors (Lipinski definition) is 1. The minimum absolute atomic E-state index is 0.0101. The fourth-order valence-corrected chi connectivity index (χ4v) is 2.44. The Hall–Kier alpha value is -1.85. The van der Waals surface area contributed by atoms with Crippen molar-refractivity contribution in [3.8, 4) is 0 Å². The molecule has 110 valence electrons. The maximum absolute atomic E-state index is 12.0. The quantitative estimate of drug-likeness (QED) is 0.885. The van der Waals surface area contributed by atoms with Gasteiger partial charge in [0.1, 0.15) is 5.69 Å². The molecule has 0 unspecified atom stereocenters. The Balaban J connectivity index is 1.84. The lowest BCUT2D eigenvalue weighted by molar-refractivity contribution is -0.131. The van der Waals surface area contributed by atoms with E-state index in [0.717, 1.165) is 31.6 Å². The molecule has 6 nitrogen and oxygen atoms in total. The van der Waals surface area contributed by atoms with E-state index in [1.165, 1.54) is 4.68 Å². The summed E-state index contributed by atoms with van der Waals surface area (Å²) < 4.78 is 1.53. The molecule has 0 spiro atoms. The van der Waals surface area contributed by atoms with Gasteiger partial charge in [-0.1, -0.05) is 6.92 Å². The number of carbonyl (C=O) groups is 2. The SMILES string of the molecule is Cc1cc(C(=O)NCC(=O)N2CCC(C)CC2)n(C)n1. The monoisotopic (exact) mass is 278 g/mol. The van der Waals surface area contributed by atoms with Gasteiger partial charge in [0.15, 0.2) is 0 Å². The summed E-state index contributed by atoms with van der Waals surface area (Å²) in [7, 11) is 1.72. The number of nitrogens with zero attached hydrogens (tertiary/aromatic N) is 3. The number of hydrogen-bond acceptors (Lipinski definition) is 3. The standard InChI is InChI=1S/C14H22N4O2/c1-10-4-6-18(7-5-10)13(19)9-15-14(20)12-8-11(2)16-17(12)3/h8,10H,4-7,9H2,1-3H3,(H,15,20). The molecule has 0 aromatic carbocycles. The highest BCUT2D eigenvalue weighted by Crippen LogP contribution is 2.15. The Morgan fingerprint density at radius 3 is 2.60 bits per heavy atom. The maximum atomic E-state index is 12.0. The zero-order valence-electron chi connectivity index (χ0n) is 12.3. The molecular formula is C14H22N4O2. The zero-order valence-corrected chi connectivity index (χ0v) is 12.3. The van der Waals surface area contributed by atoms with Crippen LogP contribution in [-0.4, -0.2) is 46.1 Å². The molecule has 20 heavy (non-hydrogen) atoms. The first kappa shape index (κ1) is 14.6. The van der Waals surface area contributed by atoms with Gasteiger partial charge in [-0.2, -0.15) is 5.10 Å². The van der Waals surface area contributed by atoms with Crippen LogP contribution in [0.25, 0.3) is 0 Å². The highest BCUT2D eigenvalue weighted by atomic mass is 16.2. The zero-order chi connectivity index (χ0) is 14.7. The topological polar surface area (TPSA) is 67.2 Å². The van der Waals surface area contributed by atoms with E-state index in [0.29, 0.717) is 11.6 Å². The van der Waals surface area contributed by atoms with E-state index in [2.05, 4.69) is 17.3 Å². The molecule has 1 aromatic rings. The summed E-state index contributed by atoms with van der Waals surface area (Å²) >= 11 is 0. The lowest BCUT2D eigenvalue weighted by Gasteiger charge is -2.30. The van der Waals surface area contributed by atoms with Gasteiger partial charge in [0.05, 0.1) is 12.2 Å². The summed E-state index contributed by atoms with van der Waals surface area (Å²) in [6, 6.07) is 1.71. The predicted molar refractivity (Wildman–Crippen MR) is 75.3 cm³/mol. The molecule has 1 fully saturated rings. The fraction of sp³-hybridized carbons (Fsp3) is 0.643. The van der Waals surface area contributed by atoms with Gasteiger partial charge < -0.3 is 10.2 Å². The van der Waals surface area contributed by atoms with Crippen molar-refractivity contribution in [3.05, 3.63) is 17.5 Å². The summed E-state index contributed by atoms with van der Waals surface area (Å²) in [5.41, 5.74) is 1.26. The summed E-state index contributed by atoms with van der Waals surface area (Å²) in [6.07, 6.45) is 2.08. The highest BCUT2D eigenvalue weighted by molar-refractivity contribution is 5.95. The summed E-state index contributed by atoms with van der Waals surface area (Å²) in [5.74, 6) is 0.419. The molecule has 2 rings (SSSR count). The van der Waals surface area contributed by atoms with Crippen LogP contribution in [0.3, 0.4) is 0 Å². The van der Waals surface area contributed by atoms with E-state index in [9.17, 15) is 9.59 Å². The number of nitrogens with one attached hydrogen (secondary N) is 1. The van der Waals surface area contributed by atoms with E-state index in [4.69, 9.17) is 0 Å². The van der Waals surface area contributed by atoms with Gasteiger partial charge in [0.2, 0.25) is 5.91 Å². The lowest BCUT2D eigenvalue weighted by atomic mass is 9.99. The Kier molecular flexibility index (Phi) is 4.42. The number of amides is 2. The molecule has 1 saturated heterocycles. The van der Waals surface area contributed by atoms with Gasteiger partial charge >= 0.3 is 0 Å². The highest BCUT2D eigenvalue weighted by Gasteiger charge is 2.21. The van der Waals surface area contributed by atoms with Gasteiger partial charge in [-0.3, -0.25) is 14.3 Å². The summed E-state index contributed by atoms with van der Waals surface area (Å²) in [5, 5.41) is 6.79. The van der Waals surface area contributed by atoms with Crippen molar-refractivity contribution in [1.82, 2.24) is 20.0 Å². The molecule has 1 N–H and O–H groups in total. The third kappa shape index (κ3) is 3.37. The molecule has 6 heteroatoms. The van der Waals surface area contributed by atoms with Crippen LogP contribution in [0.4, 0.5) is 0 Å². The van der Waals surface area contributed by atoms with Crippen LogP contribution in [-0.2, 0) is 11.8 Å². The number of aromatic nitrogens is 2. The second-order valence-electron chi connectivity index (χ2n) is 5.54. The molecule has 2 heterocycles. The first-order valence-corrected chi connectivity index (χ1v) is 7.04. The molecule has 2 amide bonds. The molecule has 1 aromatic heterocycles. The molecule has 0 aliphatic carbocycles. The van der Waals surface area contributed by atoms with Crippen molar-refractivity contribution in [1.29, 1.82) is 0 Å². The van der Waals surface area contributed by atoms with Crippen molar-refractivity contribution in [2.75, 3.05) is 19.6 Å². The number of piperidine rings is 1. The van der Waals surface area contributed by atoms with Crippen molar-refractivity contribution in [3.63, 3.8) is 0 Å². The van der Waals surface area contributed by atoms with E-state index in [-0.39, 0.29) is 18.4 Å². The number of aryl methyl sites for hydroxylation is 2. The molecule has 0 bridgehead atoms. The van der Waals surface area contributed by atoms with Crippen LogP contribution >= 0.6 is 0 Å². The molecule has 0 radical (unpaired) electrons. The number of carbonyl (C=O) groups excluding carboxylic acids is 2.